The molecule has 4 atom stereocenters. The number of rotatable bonds is 5. The number of hydrogen-bond acceptors (Lipinski definition) is 8. The predicted octanol–water partition coefficient (Wildman–Crippen LogP) is 2.87. The second-order valence-corrected chi connectivity index (χ2v) is 9.72. The fraction of sp³-hybridized carbons (Fsp3) is 0.600. The van der Waals surface area contributed by atoms with Crippen molar-refractivity contribution in [2.24, 2.45) is 5.92 Å². The highest BCUT2D eigenvalue weighted by atomic mass is 16.7. The van der Waals surface area contributed by atoms with E-state index in [0.29, 0.717) is 22.3 Å². The summed E-state index contributed by atoms with van der Waals surface area (Å²) in [6.07, 6.45) is 0.377. The molecule has 1 aliphatic heterocycles. The minimum absolute atomic E-state index is 0.0828. The van der Waals surface area contributed by atoms with Crippen molar-refractivity contribution < 1.29 is 33.6 Å². The molecule has 186 valence electrons. The summed E-state index contributed by atoms with van der Waals surface area (Å²) in [5, 5.41) is 24.3. The summed E-state index contributed by atoms with van der Waals surface area (Å²) in [6.45, 7) is 5.19. The quantitative estimate of drug-likeness (QED) is 0.564. The van der Waals surface area contributed by atoms with Crippen LogP contribution in [0.1, 0.15) is 51.5 Å². The van der Waals surface area contributed by atoms with Crippen molar-refractivity contribution in [1.82, 2.24) is 0 Å². The first-order valence-electron chi connectivity index (χ1n) is 11.7. The van der Waals surface area contributed by atoms with Crippen LogP contribution in [-0.4, -0.2) is 53.4 Å². The van der Waals surface area contributed by atoms with Crippen LogP contribution in [0.3, 0.4) is 0 Å². The Hall–Kier alpha value is -2.46. The van der Waals surface area contributed by atoms with E-state index < -0.39 is 35.8 Å². The summed E-state index contributed by atoms with van der Waals surface area (Å²) >= 11 is 0. The predicted molar refractivity (Wildman–Crippen MR) is 125 cm³/mol. The van der Waals surface area contributed by atoms with Gasteiger partial charge >= 0.3 is 5.63 Å². The molecule has 1 saturated heterocycles. The summed E-state index contributed by atoms with van der Waals surface area (Å²) in [5.74, 6) is 0.0974. The number of methoxy groups -OCH3 is 1. The molecular formula is C25H33NO8. The summed E-state index contributed by atoms with van der Waals surface area (Å²) in [5.41, 5.74) is -0.626. The van der Waals surface area contributed by atoms with Crippen LogP contribution in [0.15, 0.2) is 27.4 Å². The van der Waals surface area contributed by atoms with Crippen molar-refractivity contribution in [1.29, 1.82) is 0 Å². The molecule has 2 heterocycles. The van der Waals surface area contributed by atoms with Crippen LogP contribution in [0.5, 0.6) is 5.75 Å². The Labute approximate surface area is 198 Å². The molecule has 2 fully saturated rings. The second-order valence-electron chi connectivity index (χ2n) is 9.72. The number of fused-ring (bicyclic) bond motifs is 1. The number of hydrogen-bond donors (Lipinski definition) is 3. The van der Waals surface area contributed by atoms with Crippen molar-refractivity contribution in [3.63, 3.8) is 0 Å². The smallest absolute Gasteiger partial charge is 0.360 e. The first kappa shape index (κ1) is 24.7. The summed E-state index contributed by atoms with van der Waals surface area (Å²) in [7, 11) is 1.44. The molecule has 1 saturated carbocycles. The Morgan fingerprint density at radius 2 is 1.85 bits per heavy atom. The molecule has 9 heteroatoms. The van der Waals surface area contributed by atoms with Gasteiger partial charge in [-0.25, -0.2) is 4.79 Å². The highest BCUT2D eigenvalue weighted by molar-refractivity contribution is 5.94. The molecule has 2 aliphatic rings. The van der Waals surface area contributed by atoms with E-state index in [4.69, 9.17) is 18.6 Å². The zero-order valence-electron chi connectivity index (χ0n) is 20.0. The molecule has 0 radical (unpaired) electrons. The fourth-order valence-electron chi connectivity index (χ4n) is 4.95. The van der Waals surface area contributed by atoms with Gasteiger partial charge in [-0.3, -0.25) is 4.79 Å². The number of nitrogens with one attached hydrogen (secondary N) is 1. The number of amides is 1. The topological polar surface area (TPSA) is 127 Å². The summed E-state index contributed by atoms with van der Waals surface area (Å²) in [6, 6.07) is 4.97. The maximum Gasteiger partial charge on any atom is 0.360 e. The molecule has 0 spiro atoms. The van der Waals surface area contributed by atoms with E-state index >= 15 is 0 Å². The Morgan fingerprint density at radius 3 is 2.53 bits per heavy atom. The van der Waals surface area contributed by atoms with Gasteiger partial charge in [0.25, 0.3) is 0 Å². The maximum absolute atomic E-state index is 12.6. The highest BCUT2D eigenvalue weighted by Crippen LogP contribution is 2.35. The largest absolute Gasteiger partial charge is 0.462 e. The first-order chi connectivity index (χ1) is 16.1. The molecule has 2 aromatic rings. The van der Waals surface area contributed by atoms with Gasteiger partial charge in [-0.05, 0) is 51.8 Å². The SMILES string of the molecule is CO[C@@H]1[C@@H](O)[C@@H](O)[C@H](Oc2ccc3cc(NC(=O)C4CCCCC4)c(=O)oc3c2C)OC1(C)C. The van der Waals surface area contributed by atoms with Crippen molar-refractivity contribution in [2.75, 3.05) is 12.4 Å². The normalized spacial score (nSPS) is 27.5. The lowest BCUT2D eigenvalue weighted by molar-refractivity contribution is -0.306. The molecule has 1 aliphatic carbocycles. The van der Waals surface area contributed by atoms with Crippen molar-refractivity contribution in [3.05, 3.63) is 34.2 Å². The Bertz CT molecular complexity index is 1100. The lowest BCUT2D eigenvalue weighted by Crippen LogP contribution is -2.63. The van der Waals surface area contributed by atoms with Gasteiger partial charge in [0, 0.05) is 24.0 Å². The van der Waals surface area contributed by atoms with Gasteiger partial charge in [0.1, 0.15) is 35.3 Å². The van der Waals surface area contributed by atoms with Crippen LogP contribution < -0.4 is 15.7 Å². The average Bonchev–Trinajstić information content (AvgIpc) is 2.80. The molecule has 34 heavy (non-hydrogen) atoms. The fourth-order valence-corrected chi connectivity index (χ4v) is 4.95. The molecule has 9 nitrogen and oxygen atoms in total. The minimum atomic E-state index is -1.35. The molecule has 1 amide bonds. The van der Waals surface area contributed by atoms with Gasteiger partial charge in [0.05, 0.1) is 5.60 Å². The molecule has 1 aromatic carbocycles. The number of anilines is 1. The van der Waals surface area contributed by atoms with E-state index in [1.54, 1.807) is 39.0 Å². The molecule has 1 aromatic heterocycles. The van der Waals surface area contributed by atoms with Gasteiger partial charge < -0.3 is 34.2 Å². The second kappa shape index (κ2) is 9.65. The number of aliphatic hydroxyl groups excluding tert-OH is 2. The van der Waals surface area contributed by atoms with Crippen molar-refractivity contribution in [2.45, 2.75) is 83.1 Å². The number of carbonyl (C=O) groups is 1. The highest BCUT2D eigenvalue weighted by Gasteiger charge is 2.50. The third-order valence-corrected chi connectivity index (χ3v) is 6.88. The van der Waals surface area contributed by atoms with Crippen LogP contribution in [0.25, 0.3) is 11.0 Å². The number of aliphatic hydroxyl groups is 2. The maximum atomic E-state index is 12.6. The van der Waals surface area contributed by atoms with Gasteiger partial charge in [-0.2, -0.15) is 0 Å². The Morgan fingerprint density at radius 1 is 1.15 bits per heavy atom. The average molecular weight is 476 g/mol. The van der Waals surface area contributed by atoms with Crippen LogP contribution in [0.4, 0.5) is 5.69 Å². The molecule has 3 N–H and O–H groups in total. The molecule has 0 bridgehead atoms. The number of ether oxygens (including phenoxy) is 3. The standard InChI is InChI=1S/C25H33NO8/c1-13-17(32-24-19(28)18(27)21(31-4)25(2,3)34-24)11-10-15-12-16(23(30)33-20(13)15)26-22(29)14-8-6-5-7-9-14/h10-12,14,18-19,21,24,27-28H,5-9H2,1-4H3,(H,26,29)/t18-,19+,21+,24+/m0/s1. The van der Waals surface area contributed by atoms with Gasteiger partial charge in [0.15, 0.2) is 0 Å². The van der Waals surface area contributed by atoms with Crippen molar-refractivity contribution >= 4 is 22.6 Å². The summed E-state index contributed by atoms with van der Waals surface area (Å²) < 4.78 is 22.6. The van der Waals surface area contributed by atoms with Crippen LogP contribution in [0, 0.1) is 12.8 Å². The Kier molecular flexibility index (Phi) is 7.00. The Balaban J connectivity index is 1.56. The van der Waals surface area contributed by atoms with Crippen LogP contribution in [-0.2, 0) is 14.3 Å². The molecule has 4 rings (SSSR count). The van der Waals surface area contributed by atoms with E-state index in [0.717, 1.165) is 32.1 Å². The van der Waals surface area contributed by atoms with Crippen molar-refractivity contribution in [3.8, 4) is 5.75 Å². The van der Waals surface area contributed by atoms with Gasteiger partial charge in [-0.15, -0.1) is 0 Å². The number of benzene rings is 1. The lowest BCUT2D eigenvalue weighted by atomic mass is 9.88. The molecule has 0 unspecified atom stereocenters. The lowest BCUT2D eigenvalue weighted by Gasteiger charge is -2.46. The van der Waals surface area contributed by atoms with Crippen LogP contribution in [0.2, 0.25) is 0 Å². The van der Waals surface area contributed by atoms with Crippen LogP contribution >= 0.6 is 0 Å². The van der Waals surface area contributed by atoms with Gasteiger partial charge in [-0.1, -0.05) is 19.3 Å². The van der Waals surface area contributed by atoms with Gasteiger partial charge in [0.2, 0.25) is 12.2 Å². The van der Waals surface area contributed by atoms with E-state index in [9.17, 15) is 19.8 Å². The number of carbonyl (C=O) groups excluding carboxylic acids is 1. The van der Waals surface area contributed by atoms with E-state index in [1.807, 2.05) is 0 Å². The minimum Gasteiger partial charge on any atom is -0.462 e. The summed E-state index contributed by atoms with van der Waals surface area (Å²) in [4.78, 5) is 25.2. The van der Waals surface area contributed by atoms with E-state index in [-0.39, 0.29) is 17.5 Å². The first-order valence-corrected chi connectivity index (χ1v) is 11.7. The van der Waals surface area contributed by atoms with E-state index in [2.05, 4.69) is 5.32 Å². The zero-order chi connectivity index (χ0) is 24.6. The zero-order valence-corrected chi connectivity index (χ0v) is 20.0. The third kappa shape index (κ3) is 4.70. The third-order valence-electron chi connectivity index (χ3n) is 6.88. The number of aryl methyl sites for hydroxylation is 1. The monoisotopic (exact) mass is 475 g/mol. The molecular weight excluding hydrogens is 442 g/mol. The van der Waals surface area contributed by atoms with E-state index in [1.165, 1.54) is 7.11 Å².